The van der Waals surface area contributed by atoms with E-state index >= 15 is 0 Å². The van der Waals surface area contributed by atoms with E-state index in [1.165, 1.54) is 17.8 Å². The molecule has 34 heavy (non-hydrogen) atoms. The number of anilines is 1. The largest absolute Gasteiger partial charge is 0.493 e. The van der Waals surface area contributed by atoms with Gasteiger partial charge in [0.05, 0.1) is 26.5 Å². The van der Waals surface area contributed by atoms with Crippen LogP contribution in [0.15, 0.2) is 53.7 Å². The Hall–Kier alpha value is -3.79. The minimum atomic E-state index is -0.274. The summed E-state index contributed by atoms with van der Waals surface area (Å²) in [5.41, 5.74) is 2.59. The van der Waals surface area contributed by atoms with Crippen LogP contribution in [0.5, 0.6) is 11.5 Å². The summed E-state index contributed by atoms with van der Waals surface area (Å²) < 4.78 is 12.2. The molecule has 0 aliphatic rings. The van der Waals surface area contributed by atoms with Crippen molar-refractivity contribution in [2.75, 3.05) is 25.3 Å². The number of aryl methyl sites for hydroxylation is 1. The van der Waals surface area contributed by atoms with Crippen LogP contribution in [0.2, 0.25) is 0 Å². The average Bonchev–Trinajstić information content (AvgIpc) is 3.20. The molecule has 0 fully saturated rings. The molecule has 178 valence electrons. The van der Waals surface area contributed by atoms with Crippen molar-refractivity contribution >= 4 is 35.3 Å². The van der Waals surface area contributed by atoms with E-state index in [2.05, 4.69) is 20.8 Å². The molecule has 1 aromatic heterocycles. The van der Waals surface area contributed by atoms with Crippen molar-refractivity contribution in [3.8, 4) is 11.5 Å². The third-order valence-electron chi connectivity index (χ3n) is 4.93. The highest BCUT2D eigenvalue weighted by Crippen LogP contribution is 2.28. The van der Waals surface area contributed by atoms with Crippen molar-refractivity contribution in [2.24, 2.45) is 7.05 Å². The van der Waals surface area contributed by atoms with E-state index in [1.54, 1.807) is 44.0 Å². The molecule has 0 radical (unpaired) electrons. The topological polar surface area (TPSA) is 107 Å². The number of methoxy groups -OCH3 is 2. The molecule has 10 heteroatoms. The van der Waals surface area contributed by atoms with Gasteiger partial charge < -0.3 is 24.7 Å². The lowest BCUT2D eigenvalue weighted by atomic mass is 10.2. The van der Waals surface area contributed by atoms with Crippen molar-refractivity contribution in [1.29, 1.82) is 0 Å². The highest BCUT2D eigenvalue weighted by molar-refractivity contribution is 7.99. The van der Waals surface area contributed by atoms with Gasteiger partial charge in [0.2, 0.25) is 11.8 Å². The number of ether oxygens (including phenoxy) is 2. The minimum Gasteiger partial charge on any atom is -0.493 e. The maximum Gasteiger partial charge on any atom is 0.244 e. The molecule has 2 N–H and O–H groups in total. The molecular formula is C24H27N5O4S. The molecule has 0 spiro atoms. The fourth-order valence-corrected chi connectivity index (χ4v) is 3.74. The Morgan fingerprint density at radius 2 is 1.85 bits per heavy atom. The molecule has 9 nitrogen and oxygen atoms in total. The van der Waals surface area contributed by atoms with Crippen LogP contribution < -0.4 is 20.1 Å². The molecule has 1 heterocycles. The normalized spacial score (nSPS) is 10.8. The van der Waals surface area contributed by atoms with Gasteiger partial charge in [0.15, 0.2) is 22.5 Å². The Labute approximate surface area is 202 Å². The Kier molecular flexibility index (Phi) is 8.69. The highest BCUT2D eigenvalue weighted by atomic mass is 32.2. The summed E-state index contributed by atoms with van der Waals surface area (Å²) in [6.45, 7) is 2.14. The second kappa shape index (κ2) is 11.9. The number of hydrogen-bond donors (Lipinski definition) is 2. The second-order valence-electron chi connectivity index (χ2n) is 7.28. The zero-order chi connectivity index (χ0) is 24.5. The van der Waals surface area contributed by atoms with Gasteiger partial charge >= 0.3 is 0 Å². The first-order valence-electron chi connectivity index (χ1n) is 10.5. The first-order valence-corrected chi connectivity index (χ1v) is 11.4. The molecule has 0 atom stereocenters. The van der Waals surface area contributed by atoms with Gasteiger partial charge in [-0.25, -0.2) is 0 Å². The quantitative estimate of drug-likeness (QED) is 0.338. The van der Waals surface area contributed by atoms with E-state index in [0.29, 0.717) is 22.5 Å². The van der Waals surface area contributed by atoms with Crippen LogP contribution in [-0.2, 0) is 23.2 Å². The van der Waals surface area contributed by atoms with Gasteiger partial charge in [-0.05, 0) is 42.3 Å². The number of carbonyl (C=O) groups is 2. The first-order chi connectivity index (χ1) is 16.4. The van der Waals surface area contributed by atoms with E-state index in [1.807, 2.05) is 37.3 Å². The van der Waals surface area contributed by atoms with Crippen LogP contribution in [0, 0.1) is 6.92 Å². The zero-order valence-corrected chi connectivity index (χ0v) is 20.3. The van der Waals surface area contributed by atoms with E-state index in [9.17, 15) is 9.59 Å². The van der Waals surface area contributed by atoms with Crippen LogP contribution in [0.4, 0.5) is 5.69 Å². The molecule has 0 aliphatic carbocycles. The van der Waals surface area contributed by atoms with E-state index in [4.69, 9.17) is 9.47 Å². The number of aromatic nitrogens is 3. The monoisotopic (exact) mass is 481 g/mol. The lowest BCUT2D eigenvalue weighted by Crippen LogP contribution is -2.22. The van der Waals surface area contributed by atoms with Gasteiger partial charge in [-0.15, -0.1) is 10.2 Å². The Balaban J connectivity index is 1.50. The number of carbonyl (C=O) groups excluding carboxylic acids is 2. The molecule has 2 aromatic carbocycles. The zero-order valence-electron chi connectivity index (χ0n) is 19.5. The summed E-state index contributed by atoms with van der Waals surface area (Å²) in [6.07, 6.45) is 3.12. The van der Waals surface area contributed by atoms with E-state index < -0.39 is 0 Å². The van der Waals surface area contributed by atoms with Gasteiger partial charge in [0.25, 0.3) is 0 Å². The fourth-order valence-electron chi connectivity index (χ4n) is 3.01. The summed E-state index contributed by atoms with van der Waals surface area (Å²) in [4.78, 5) is 24.5. The number of nitrogens with zero attached hydrogens (tertiary/aromatic N) is 3. The number of rotatable bonds is 10. The number of amides is 2. The standard InChI is InChI=1S/C24H27N5O4S/c1-16-7-5-6-8-18(16)26-23(31)15-34-24-28-27-21(29(24)2)14-25-22(30)12-10-17-9-11-19(32-3)20(13-17)33-4/h5-13H,14-15H2,1-4H3,(H,25,30)(H,26,31)/b12-10+. The second-order valence-corrected chi connectivity index (χ2v) is 8.22. The van der Waals surface area contributed by atoms with Gasteiger partial charge in [-0.2, -0.15) is 0 Å². The van der Waals surface area contributed by atoms with Crippen molar-refractivity contribution < 1.29 is 19.1 Å². The van der Waals surface area contributed by atoms with Gasteiger partial charge in [0, 0.05) is 18.8 Å². The average molecular weight is 482 g/mol. The predicted molar refractivity (Wildman–Crippen MR) is 132 cm³/mol. The first kappa shape index (κ1) is 24.8. The number of thioether (sulfide) groups is 1. The summed E-state index contributed by atoms with van der Waals surface area (Å²) in [7, 11) is 4.92. The summed E-state index contributed by atoms with van der Waals surface area (Å²) in [5, 5.41) is 14.5. The SMILES string of the molecule is COc1ccc(/C=C/C(=O)NCc2nnc(SCC(=O)Nc3ccccc3C)n2C)cc1OC. The Bertz CT molecular complexity index is 1190. The molecule has 3 rings (SSSR count). The van der Waals surface area contributed by atoms with Crippen LogP contribution in [-0.4, -0.2) is 46.6 Å². The number of nitrogens with one attached hydrogen (secondary N) is 2. The van der Waals surface area contributed by atoms with Gasteiger partial charge in [-0.3, -0.25) is 9.59 Å². The molecule has 0 saturated carbocycles. The Morgan fingerprint density at radius 1 is 1.09 bits per heavy atom. The van der Waals surface area contributed by atoms with Crippen molar-refractivity contribution in [2.45, 2.75) is 18.6 Å². The molecule has 0 bridgehead atoms. The fraction of sp³-hybridized carbons (Fsp3) is 0.250. The van der Waals surface area contributed by atoms with E-state index in [-0.39, 0.29) is 24.1 Å². The molecular weight excluding hydrogens is 454 g/mol. The third-order valence-corrected chi connectivity index (χ3v) is 5.95. The number of benzene rings is 2. The highest BCUT2D eigenvalue weighted by Gasteiger charge is 2.12. The van der Waals surface area contributed by atoms with Gasteiger partial charge in [0.1, 0.15) is 0 Å². The number of hydrogen-bond acceptors (Lipinski definition) is 7. The lowest BCUT2D eigenvalue weighted by Gasteiger charge is -2.08. The molecule has 0 aliphatic heterocycles. The van der Waals surface area contributed by atoms with Crippen molar-refractivity contribution in [3.63, 3.8) is 0 Å². The summed E-state index contributed by atoms with van der Waals surface area (Å²) >= 11 is 1.28. The Morgan fingerprint density at radius 3 is 2.59 bits per heavy atom. The molecule has 3 aromatic rings. The molecule has 0 saturated heterocycles. The molecule has 0 unspecified atom stereocenters. The van der Waals surface area contributed by atoms with Crippen molar-refractivity contribution in [3.05, 3.63) is 65.5 Å². The van der Waals surface area contributed by atoms with Crippen LogP contribution in [0.25, 0.3) is 6.08 Å². The van der Waals surface area contributed by atoms with Crippen LogP contribution >= 0.6 is 11.8 Å². The minimum absolute atomic E-state index is 0.127. The molecule has 2 amide bonds. The maximum absolute atomic E-state index is 12.3. The van der Waals surface area contributed by atoms with Crippen molar-refractivity contribution in [1.82, 2.24) is 20.1 Å². The third kappa shape index (κ3) is 6.61. The van der Waals surface area contributed by atoms with E-state index in [0.717, 1.165) is 16.8 Å². The lowest BCUT2D eigenvalue weighted by molar-refractivity contribution is -0.116. The van der Waals surface area contributed by atoms with Crippen LogP contribution in [0.1, 0.15) is 17.0 Å². The van der Waals surface area contributed by atoms with Gasteiger partial charge in [-0.1, -0.05) is 36.0 Å². The summed E-state index contributed by atoms with van der Waals surface area (Å²) in [6, 6.07) is 13.0. The van der Waals surface area contributed by atoms with Crippen LogP contribution in [0.3, 0.4) is 0 Å². The number of para-hydroxylation sites is 1. The predicted octanol–water partition coefficient (Wildman–Crippen LogP) is 3.20. The summed E-state index contributed by atoms with van der Waals surface area (Å²) in [5.74, 6) is 1.58. The maximum atomic E-state index is 12.3. The smallest absolute Gasteiger partial charge is 0.244 e.